The number of carbonyl (C=O) groups is 2. The molecule has 0 aliphatic heterocycles. The third-order valence-electron chi connectivity index (χ3n) is 3.26. The number of nitrogens with one attached hydrogen (secondary N) is 1. The van der Waals surface area contributed by atoms with Gasteiger partial charge in [-0.2, -0.15) is 17.9 Å². The number of aromatic nitrogens is 4. The van der Waals surface area contributed by atoms with Gasteiger partial charge in [0.05, 0.1) is 11.3 Å². The molecule has 0 fully saturated rings. The smallest absolute Gasteiger partial charge is 0.416 e. The molecule has 27 heavy (non-hydrogen) atoms. The Bertz CT molecular complexity index is 939. The molecule has 2 aromatic heterocycles. The van der Waals surface area contributed by atoms with Crippen molar-refractivity contribution in [3.05, 3.63) is 52.5 Å². The molecule has 0 unspecified atom stereocenters. The summed E-state index contributed by atoms with van der Waals surface area (Å²) in [5.41, 5.74) is -0.285. The van der Waals surface area contributed by atoms with Crippen LogP contribution in [0, 0.1) is 0 Å². The van der Waals surface area contributed by atoms with E-state index in [4.69, 9.17) is 4.74 Å². The lowest BCUT2D eigenvalue weighted by atomic mass is 10.2. The van der Waals surface area contributed by atoms with Gasteiger partial charge in [-0.1, -0.05) is 0 Å². The predicted octanol–water partition coefficient (Wildman–Crippen LogP) is 2.54. The van der Waals surface area contributed by atoms with E-state index in [2.05, 4.69) is 20.8 Å². The highest BCUT2D eigenvalue weighted by Gasteiger charge is 2.30. The summed E-state index contributed by atoms with van der Waals surface area (Å²) < 4.78 is 43.7. The molecule has 0 atom stereocenters. The molecule has 140 valence electrons. The maximum absolute atomic E-state index is 12.5. The number of hydrogen-bond acceptors (Lipinski definition) is 7. The fourth-order valence-electron chi connectivity index (χ4n) is 2.04. The fraction of sp³-hybridized carbons (Fsp3) is 0.133. The number of thiophene rings is 1. The number of tetrazole rings is 1. The molecule has 2 heterocycles. The summed E-state index contributed by atoms with van der Waals surface area (Å²) in [6.07, 6.45) is -3.16. The maximum atomic E-state index is 12.5. The summed E-state index contributed by atoms with van der Waals surface area (Å²) >= 11 is 1.09. The Morgan fingerprint density at radius 2 is 1.93 bits per heavy atom. The highest BCUT2D eigenvalue weighted by molar-refractivity contribution is 7.12. The Morgan fingerprint density at radius 1 is 1.19 bits per heavy atom. The van der Waals surface area contributed by atoms with Crippen molar-refractivity contribution in [1.29, 1.82) is 0 Å². The summed E-state index contributed by atoms with van der Waals surface area (Å²) in [7, 11) is 0. The number of alkyl halides is 3. The van der Waals surface area contributed by atoms with Gasteiger partial charge in [0.25, 0.3) is 5.91 Å². The number of amides is 1. The molecule has 3 rings (SSSR count). The second kappa shape index (κ2) is 7.53. The average Bonchev–Trinajstić information content (AvgIpc) is 3.30. The van der Waals surface area contributed by atoms with E-state index in [9.17, 15) is 22.8 Å². The number of ether oxygens (including phenoxy) is 1. The van der Waals surface area contributed by atoms with Crippen molar-refractivity contribution >= 4 is 28.9 Å². The van der Waals surface area contributed by atoms with Crippen LogP contribution in [0.25, 0.3) is 5.69 Å². The van der Waals surface area contributed by atoms with Crippen molar-refractivity contribution in [2.75, 3.05) is 11.9 Å². The van der Waals surface area contributed by atoms with Crippen LogP contribution in [0.5, 0.6) is 0 Å². The lowest BCUT2D eigenvalue weighted by Crippen LogP contribution is -2.21. The largest absolute Gasteiger partial charge is 0.451 e. The van der Waals surface area contributed by atoms with Crippen LogP contribution in [-0.2, 0) is 15.7 Å². The van der Waals surface area contributed by atoms with Gasteiger partial charge >= 0.3 is 12.1 Å². The summed E-state index contributed by atoms with van der Waals surface area (Å²) in [6, 6.07) is 5.51. The third-order valence-corrected chi connectivity index (χ3v) is 4.14. The molecule has 8 nitrogen and oxygen atoms in total. The molecular weight excluding hydrogens is 387 g/mol. The van der Waals surface area contributed by atoms with E-state index in [1.165, 1.54) is 11.0 Å². The normalized spacial score (nSPS) is 11.2. The van der Waals surface area contributed by atoms with Gasteiger partial charge < -0.3 is 10.1 Å². The Morgan fingerprint density at radius 3 is 2.56 bits per heavy atom. The minimum absolute atomic E-state index is 0.148. The standard InChI is InChI=1S/C15H10F3N5O3S/c16-15(17,18)9-1-3-10(4-2-9)20-12(24)7-26-14(25)13-11(5-6-27-13)23-8-19-21-22-23/h1-6,8H,7H2,(H,20,24). The van der Waals surface area contributed by atoms with Crippen LogP contribution in [0.1, 0.15) is 15.2 Å². The highest BCUT2D eigenvalue weighted by atomic mass is 32.1. The Hall–Kier alpha value is -3.28. The Balaban J connectivity index is 1.57. The second-order valence-corrected chi connectivity index (χ2v) is 6.00. The summed E-state index contributed by atoms with van der Waals surface area (Å²) in [5.74, 6) is -1.44. The van der Waals surface area contributed by atoms with Crippen molar-refractivity contribution in [3.63, 3.8) is 0 Å². The Labute approximate surface area is 153 Å². The van der Waals surface area contributed by atoms with Crippen LogP contribution >= 0.6 is 11.3 Å². The van der Waals surface area contributed by atoms with Crippen LogP contribution in [0.3, 0.4) is 0 Å². The van der Waals surface area contributed by atoms with E-state index in [-0.39, 0.29) is 10.6 Å². The number of nitrogens with zero attached hydrogens (tertiary/aromatic N) is 4. The van der Waals surface area contributed by atoms with Crippen LogP contribution in [-0.4, -0.2) is 38.7 Å². The van der Waals surface area contributed by atoms with E-state index in [0.29, 0.717) is 5.69 Å². The molecule has 0 saturated heterocycles. The van der Waals surface area contributed by atoms with Gasteiger partial charge in [-0.25, -0.2) is 4.79 Å². The number of esters is 1. The number of benzene rings is 1. The van der Waals surface area contributed by atoms with E-state index in [0.717, 1.165) is 35.6 Å². The van der Waals surface area contributed by atoms with Gasteiger partial charge in [-0.15, -0.1) is 16.4 Å². The SMILES string of the molecule is O=C(COC(=O)c1sccc1-n1cnnn1)Nc1ccc(C(F)(F)F)cc1. The van der Waals surface area contributed by atoms with Crippen molar-refractivity contribution in [2.24, 2.45) is 0 Å². The second-order valence-electron chi connectivity index (χ2n) is 5.09. The summed E-state index contributed by atoms with van der Waals surface area (Å²) in [5, 5.41) is 14.6. The van der Waals surface area contributed by atoms with Gasteiger partial charge in [0.2, 0.25) is 0 Å². The van der Waals surface area contributed by atoms with Gasteiger partial charge in [-0.3, -0.25) is 4.79 Å². The third kappa shape index (κ3) is 4.47. The number of halogens is 3. The van der Waals surface area contributed by atoms with Crippen molar-refractivity contribution in [3.8, 4) is 5.69 Å². The molecule has 3 aromatic rings. The number of carbonyl (C=O) groups excluding carboxylic acids is 2. The fourth-order valence-corrected chi connectivity index (χ4v) is 2.81. The summed E-state index contributed by atoms with van der Waals surface area (Å²) in [4.78, 5) is 24.2. The first-order chi connectivity index (χ1) is 12.8. The van der Waals surface area contributed by atoms with E-state index in [1.54, 1.807) is 11.4 Å². The van der Waals surface area contributed by atoms with E-state index in [1.807, 2.05) is 0 Å². The zero-order chi connectivity index (χ0) is 19.4. The van der Waals surface area contributed by atoms with Crippen LogP contribution in [0.15, 0.2) is 42.0 Å². The minimum atomic E-state index is -4.46. The molecule has 1 amide bonds. The minimum Gasteiger partial charge on any atom is -0.451 e. The van der Waals surface area contributed by atoms with Gasteiger partial charge in [0.1, 0.15) is 11.2 Å². The molecule has 0 saturated carbocycles. The highest BCUT2D eigenvalue weighted by Crippen LogP contribution is 2.29. The molecule has 0 aliphatic rings. The van der Waals surface area contributed by atoms with Crippen molar-refractivity contribution in [1.82, 2.24) is 20.2 Å². The Kier molecular flexibility index (Phi) is 5.16. The lowest BCUT2D eigenvalue weighted by molar-refractivity contribution is -0.137. The zero-order valence-corrected chi connectivity index (χ0v) is 14.1. The molecule has 0 radical (unpaired) electrons. The number of rotatable bonds is 5. The quantitative estimate of drug-likeness (QED) is 0.665. The number of anilines is 1. The maximum Gasteiger partial charge on any atom is 0.416 e. The summed E-state index contributed by atoms with van der Waals surface area (Å²) in [6.45, 7) is -0.604. The van der Waals surface area contributed by atoms with Gasteiger partial charge in [0.15, 0.2) is 6.61 Å². The molecule has 12 heteroatoms. The van der Waals surface area contributed by atoms with E-state index < -0.39 is 30.2 Å². The average molecular weight is 397 g/mol. The van der Waals surface area contributed by atoms with Crippen LogP contribution in [0.4, 0.5) is 18.9 Å². The van der Waals surface area contributed by atoms with Crippen molar-refractivity contribution < 1.29 is 27.5 Å². The zero-order valence-electron chi connectivity index (χ0n) is 13.3. The topological polar surface area (TPSA) is 99.0 Å². The first-order valence-electron chi connectivity index (χ1n) is 7.29. The van der Waals surface area contributed by atoms with Gasteiger partial charge in [0, 0.05) is 5.69 Å². The first kappa shape index (κ1) is 18.5. The predicted molar refractivity (Wildman–Crippen MR) is 87.4 cm³/mol. The monoisotopic (exact) mass is 397 g/mol. The molecule has 1 aromatic carbocycles. The van der Waals surface area contributed by atoms with Gasteiger partial charge in [-0.05, 0) is 46.1 Å². The molecule has 0 spiro atoms. The van der Waals surface area contributed by atoms with Crippen LogP contribution < -0.4 is 5.32 Å². The molecule has 0 aliphatic carbocycles. The van der Waals surface area contributed by atoms with Crippen molar-refractivity contribution in [2.45, 2.75) is 6.18 Å². The lowest BCUT2D eigenvalue weighted by Gasteiger charge is -2.09. The molecule has 1 N–H and O–H groups in total. The molecule has 0 bridgehead atoms. The number of hydrogen-bond donors (Lipinski definition) is 1. The van der Waals surface area contributed by atoms with Crippen LogP contribution in [0.2, 0.25) is 0 Å². The molecular formula is C15H10F3N5O3S. The first-order valence-corrected chi connectivity index (χ1v) is 8.17. The van der Waals surface area contributed by atoms with E-state index >= 15 is 0 Å².